The van der Waals surface area contributed by atoms with Gasteiger partial charge in [-0.05, 0) is 18.9 Å². The van der Waals surface area contributed by atoms with Crippen LogP contribution < -0.4 is 11.3 Å². The van der Waals surface area contributed by atoms with E-state index in [9.17, 15) is 0 Å². The minimum absolute atomic E-state index is 0.484. The summed E-state index contributed by atoms with van der Waals surface area (Å²) < 4.78 is 0. The van der Waals surface area contributed by atoms with E-state index < -0.39 is 0 Å². The number of aromatic nitrogens is 4. The van der Waals surface area contributed by atoms with E-state index in [1.54, 1.807) is 18.5 Å². The monoisotopic (exact) mass is 230 g/mol. The highest BCUT2D eigenvalue weighted by atomic mass is 15.3. The molecule has 6 nitrogen and oxygen atoms in total. The van der Waals surface area contributed by atoms with Crippen molar-refractivity contribution in [2.24, 2.45) is 5.84 Å². The minimum atomic E-state index is 0.484. The highest BCUT2D eigenvalue weighted by molar-refractivity contribution is 5.48. The Bertz CT molecular complexity index is 486. The van der Waals surface area contributed by atoms with Gasteiger partial charge in [-0.1, -0.05) is 6.92 Å². The lowest BCUT2D eigenvalue weighted by Gasteiger charge is -2.05. The van der Waals surface area contributed by atoms with Crippen molar-refractivity contribution >= 4 is 5.82 Å². The number of nitrogens with zero attached hydrogens (tertiary/aromatic N) is 4. The summed E-state index contributed by atoms with van der Waals surface area (Å²) >= 11 is 0. The maximum Gasteiger partial charge on any atom is 0.199 e. The summed E-state index contributed by atoms with van der Waals surface area (Å²) in [4.78, 5) is 17.0. The molecule has 3 N–H and O–H groups in total. The van der Waals surface area contributed by atoms with Crippen molar-refractivity contribution in [3.8, 4) is 11.6 Å². The third-order valence-corrected chi connectivity index (χ3v) is 2.27. The summed E-state index contributed by atoms with van der Waals surface area (Å²) in [7, 11) is 0. The Kier molecular flexibility index (Phi) is 3.24. The Morgan fingerprint density at radius 3 is 2.47 bits per heavy atom. The van der Waals surface area contributed by atoms with Crippen molar-refractivity contribution in [2.45, 2.75) is 20.3 Å². The molecule has 88 valence electrons. The van der Waals surface area contributed by atoms with Crippen molar-refractivity contribution in [1.82, 2.24) is 19.9 Å². The average molecular weight is 230 g/mol. The molecule has 0 atom stereocenters. The van der Waals surface area contributed by atoms with Gasteiger partial charge in [0.15, 0.2) is 11.6 Å². The highest BCUT2D eigenvalue weighted by Gasteiger charge is 2.07. The molecule has 17 heavy (non-hydrogen) atoms. The molecule has 0 aromatic carbocycles. The minimum Gasteiger partial charge on any atom is -0.308 e. The van der Waals surface area contributed by atoms with Crippen LogP contribution in [0.25, 0.3) is 11.6 Å². The Hall–Kier alpha value is -2.08. The zero-order valence-corrected chi connectivity index (χ0v) is 9.81. The van der Waals surface area contributed by atoms with Crippen molar-refractivity contribution < 1.29 is 0 Å². The molecule has 2 aromatic heterocycles. The van der Waals surface area contributed by atoms with Gasteiger partial charge in [-0.3, -0.25) is 0 Å². The van der Waals surface area contributed by atoms with E-state index in [0.717, 1.165) is 17.7 Å². The molecule has 0 amide bonds. The molecule has 6 heteroatoms. The van der Waals surface area contributed by atoms with Gasteiger partial charge in [0.25, 0.3) is 0 Å². The molecule has 2 aromatic rings. The Labute approximate surface area is 99.3 Å². The molecule has 0 saturated carbocycles. The van der Waals surface area contributed by atoms with E-state index in [2.05, 4.69) is 25.4 Å². The quantitative estimate of drug-likeness (QED) is 0.606. The van der Waals surface area contributed by atoms with Gasteiger partial charge in [0.2, 0.25) is 0 Å². The number of nitrogen functional groups attached to an aromatic ring is 1. The van der Waals surface area contributed by atoms with Crippen LogP contribution in [0.3, 0.4) is 0 Å². The third-order valence-electron chi connectivity index (χ3n) is 2.27. The topological polar surface area (TPSA) is 89.6 Å². The van der Waals surface area contributed by atoms with Crippen LogP contribution in [0, 0.1) is 6.92 Å². The first-order valence-electron chi connectivity index (χ1n) is 5.36. The maximum atomic E-state index is 5.36. The van der Waals surface area contributed by atoms with Crippen LogP contribution in [-0.4, -0.2) is 19.9 Å². The van der Waals surface area contributed by atoms with E-state index in [4.69, 9.17) is 5.84 Å². The number of anilines is 1. The molecular formula is C11H14N6. The van der Waals surface area contributed by atoms with Gasteiger partial charge in [-0.15, -0.1) is 0 Å². The Morgan fingerprint density at radius 1 is 1.18 bits per heavy atom. The number of nitrogens with one attached hydrogen (secondary N) is 1. The predicted molar refractivity (Wildman–Crippen MR) is 65.0 cm³/mol. The molecular weight excluding hydrogens is 216 g/mol. The van der Waals surface area contributed by atoms with Gasteiger partial charge >= 0.3 is 0 Å². The standard InChI is InChI=1S/C11H14N6/c1-3-8-4-9(17-12)16-11(15-8)10-13-5-7(2)6-14-10/h4-6H,3,12H2,1-2H3,(H,15,16,17). The van der Waals surface area contributed by atoms with Crippen LogP contribution in [0.5, 0.6) is 0 Å². The summed E-state index contributed by atoms with van der Waals surface area (Å²) in [6.45, 7) is 3.95. The van der Waals surface area contributed by atoms with Crippen LogP contribution in [0.4, 0.5) is 5.82 Å². The summed E-state index contributed by atoms with van der Waals surface area (Å²) in [6.07, 6.45) is 4.27. The Balaban J connectivity index is 2.46. The molecule has 2 rings (SSSR count). The highest BCUT2D eigenvalue weighted by Crippen LogP contribution is 2.13. The fraction of sp³-hybridized carbons (Fsp3) is 0.273. The largest absolute Gasteiger partial charge is 0.308 e. The SMILES string of the molecule is CCc1cc(NN)nc(-c2ncc(C)cn2)n1. The van der Waals surface area contributed by atoms with E-state index >= 15 is 0 Å². The van der Waals surface area contributed by atoms with E-state index in [0.29, 0.717) is 17.5 Å². The summed E-state index contributed by atoms with van der Waals surface area (Å²) in [5.74, 6) is 6.91. The number of rotatable bonds is 3. The third kappa shape index (κ3) is 2.54. The fourth-order valence-electron chi connectivity index (χ4n) is 1.36. The predicted octanol–water partition coefficient (Wildman–Crippen LogP) is 1.09. The smallest absolute Gasteiger partial charge is 0.199 e. The van der Waals surface area contributed by atoms with Gasteiger partial charge in [-0.2, -0.15) is 0 Å². The second-order valence-corrected chi connectivity index (χ2v) is 3.65. The average Bonchev–Trinajstić information content (AvgIpc) is 2.39. The van der Waals surface area contributed by atoms with Crippen molar-refractivity contribution in [2.75, 3.05) is 5.43 Å². The van der Waals surface area contributed by atoms with Crippen LogP contribution in [-0.2, 0) is 6.42 Å². The second kappa shape index (κ2) is 4.84. The lowest BCUT2D eigenvalue weighted by Crippen LogP contribution is -2.11. The molecule has 2 heterocycles. The number of hydrogen-bond donors (Lipinski definition) is 2. The molecule has 0 aliphatic rings. The molecule has 0 saturated heterocycles. The van der Waals surface area contributed by atoms with E-state index in [1.807, 2.05) is 13.8 Å². The number of hydrazine groups is 1. The molecule has 0 bridgehead atoms. The summed E-state index contributed by atoms with van der Waals surface area (Å²) in [5.41, 5.74) is 4.41. The van der Waals surface area contributed by atoms with Crippen LogP contribution in [0.15, 0.2) is 18.5 Å². The molecule has 0 aliphatic heterocycles. The first-order valence-corrected chi connectivity index (χ1v) is 5.36. The first-order chi connectivity index (χ1) is 8.22. The van der Waals surface area contributed by atoms with Crippen molar-refractivity contribution in [3.05, 3.63) is 29.7 Å². The van der Waals surface area contributed by atoms with Crippen LogP contribution in [0.2, 0.25) is 0 Å². The van der Waals surface area contributed by atoms with Gasteiger partial charge in [0.1, 0.15) is 5.82 Å². The Morgan fingerprint density at radius 2 is 1.88 bits per heavy atom. The summed E-state index contributed by atoms with van der Waals surface area (Å²) in [5, 5.41) is 0. The fourth-order valence-corrected chi connectivity index (χ4v) is 1.36. The maximum absolute atomic E-state index is 5.36. The number of hydrogen-bond acceptors (Lipinski definition) is 6. The van der Waals surface area contributed by atoms with Gasteiger partial charge in [0, 0.05) is 24.2 Å². The second-order valence-electron chi connectivity index (χ2n) is 3.65. The van der Waals surface area contributed by atoms with Crippen molar-refractivity contribution in [3.63, 3.8) is 0 Å². The van der Waals surface area contributed by atoms with Crippen LogP contribution in [0.1, 0.15) is 18.2 Å². The number of aryl methyl sites for hydroxylation is 2. The van der Waals surface area contributed by atoms with Crippen LogP contribution >= 0.6 is 0 Å². The van der Waals surface area contributed by atoms with Crippen molar-refractivity contribution in [1.29, 1.82) is 0 Å². The van der Waals surface area contributed by atoms with Gasteiger partial charge in [-0.25, -0.2) is 25.8 Å². The molecule has 0 fully saturated rings. The number of nitrogens with two attached hydrogens (primary N) is 1. The molecule has 0 unspecified atom stereocenters. The van der Waals surface area contributed by atoms with Gasteiger partial charge < -0.3 is 5.43 Å². The summed E-state index contributed by atoms with van der Waals surface area (Å²) in [6, 6.07) is 1.80. The molecule has 0 radical (unpaired) electrons. The normalized spacial score (nSPS) is 10.3. The zero-order valence-electron chi connectivity index (χ0n) is 9.81. The van der Waals surface area contributed by atoms with E-state index in [-0.39, 0.29) is 0 Å². The lowest BCUT2D eigenvalue weighted by molar-refractivity contribution is 0.978. The zero-order chi connectivity index (χ0) is 12.3. The van der Waals surface area contributed by atoms with Gasteiger partial charge in [0.05, 0.1) is 0 Å². The lowest BCUT2D eigenvalue weighted by atomic mass is 10.3. The first kappa shape index (κ1) is 11.4. The molecule has 0 spiro atoms. The van der Waals surface area contributed by atoms with E-state index in [1.165, 1.54) is 0 Å². The molecule has 0 aliphatic carbocycles.